The molecular weight excluding hydrogens is 375 g/mol. The van der Waals surface area contributed by atoms with E-state index in [0.717, 1.165) is 6.07 Å². The van der Waals surface area contributed by atoms with E-state index in [1.54, 1.807) is 0 Å². The summed E-state index contributed by atoms with van der Waals surface area (Å²) < 4.78 is 28.4. The fraction of sp³-hybridized carbons (Fsp3) is 0.222. The highest BCUT2D eigenvalue weighted by Crippen LogP contribution is 2.29. The summed E-state index contributed by atoms with van der Waals surface area (Å²) >= 11 is 0. The maximum Gasteiger partial charge on any atom is 0.344 e. The molecule has 0 aliphatic heterocycles. The molecule has 1 N–H and O–H groups in total. The molecule has 148 valence electrons. The van der Waals surface area contributed by atoms with Crippen molar-refractivity contribution in [1.82, 2.24) is 0 Å². The van der Waals surface area contributed by atoms with E-state index in [9.17, 15) is 24.1 Å². The minimum absolute atomic E-state index is 0.0731. The first kappa shape index (κ1) is 20.6. The lowest BCUT2D eigenvalue weighted by atomic mass is 10.2. The fourth-order valence-corrected chi connectivity index (χ4v) is 2.11. The Bertz CT molecular complexity index is 888. The standard InChI is InChI=1S/C18H17FN2O7/c1-11(28-17(22)10-27-15-6-4-3-5-13(15)19)18(23)20-14-8-7-12(21(24)25)9-16(14)26-2/h3-9,11H,10H2,1-2H3,(H,20,23)/t11-/m1/s1. The number of hydrogen-bond donors (Lipinski definition) is 1. The molecular formula is C18H17FN2O7. The van der Waals surface area contributed by atoms with Crippen molar-refractivity contribution in [3.8, 4) is 11.5 Å². The number of esters is 1. The summed E-state index contributed by atoms with van der Waals surface area (Å²) in [4.78, 5) is 34.2. The molecule has 0 saturated heterocycles. The van der Waals surface area contributed by atoms with Gasteiger partial charge < -0.3 is 19.5 Å². The van der Waals surface area contributed by atoms with Crippen LogP contribution in [0.3, 0.4) is 0 Å². The zero-order valence-corrected chi connectivity index (χ0v) is 15.0. The Morgan fingerprint density at radius 2 is 1.93 bits per heavy atom. The Balaban J connectivity index is 1.92. The average Bonchev–Trinajstić information content (AvgIpc) is 2.67. The Kier molecular flexibility index (Phi) is 6.85. The summed E-state index contributed by atoms with van der Waals surface area (Å²) in [5.74, 6) is -2.24. The van der Waals surface area contributed by atoms with E-state index in [1.807, 2.05) is 0 Å². The van der Waals surface area contributed by atoms with Gasteiger partial charge in [-0.25, -0.2) is 9.18 Å². The van der Waals surface area contributed by atoms with Crippen LogP contribution in [0.15, 0.2) is 42.5 Å². The van der Waals surface area contributed by atoms with Gasteiger partial charge in [0.25, 0.3) is 11.6 Å². The summed E-state index contributed by atoms with van der Waals surface area (Å²) in [6.07, 6.45) is -1.20. The zero-order chi connectivity index (χ0) is 20.7. The molecule has 0 aliphatic carbocycles. The number of carbonyl (C=O) groups excluding carboxylic acids is 2. The van der Waals surface area contributed by atoms with Crippen LogP contribution in [0, 0.1) is 15.9 Å². The van der Waals surface area contributed by atoms with E-state index in [0.29, 0.717) is 0 Å². The van der Waals surface area contributed by atoms with Crippen LogP contribution in [-0.4, -0.2) is 36.6 Å². The van der Waals surface area contributed by atoms with Gasteiger partial charge >= 0.3 is 5.97 Å². The molecule has 0 saturated carbocycles. The van der Waals surface area contributed by atoms with Gasteiger partial charge in [-0.05, 0) is 25.1 Å². The number of benzene rings is 2. The van der Waals surface area contributed by atoms with Crippen molar-refractivity contribution in [3.63, 3.8) is 0 Å². The van der Waals surface area contributed by atoms with E-state index in [4.69, 9.17) is 14.2 Å². The van der Waals surface area contributed by atoms with Crippen molar-refractivity contribution < 1.29 is 33.1 Å². The first-order chi connectivity index (χ1) is 13.3. The lowest BCUT2D eigenvalue weighted by Crippen LogP contribution is -2.31. The first-order valence-corrected chi connectivity index (χ1v) is 8.02. The Morgan fingerprint density at radius 1 is 1.21 bits per heavy atom. The van der Waals surface area contributed by atoms with E-state index < -0.39 is 35.3 Å². The van der Waals surface area contributed by atoms with Gasteiger partial charge in [0.1, 0.15) is 5.75 Å². The third kappa shape index (κ3) is 5.40. The monoisotopic (exact) mass is 392 g/mol. The molecule has 9 nitrogen and oxygen atoms in total. The van der Waals surface area contributed by atoms with E-state index >= 15 is 0 Å². The van der Waals surface area contributed by atoms with Gasteiger partial charge in [0, 0.05) is 6.07 Å². The van der Waals surface area contributed by atoms with E-state index in [1.165, 1.54) is 50.4 Å². The lowest BCUT2D eigenvalue weighted by molar-refractivity contribution is -0.384. The van der Waals surface area contributed by atoms with Gasteiger partial charge in [0.05, 0.1) is 23.8 Å². The molecule has 0 aromatic heterocycles. The second-order valence-corrected chi connectivity index (χ2v) is 5.48. The van der Waals surface area contributed by atoms with Gasteiger partial charge in [-0.2, -0.15) is 0 Å². The number of para-hydroxylation sites is 1. The van der Waals surface area contributed by atoms with Crippen LogP contribution >= 0.6 is 0 Å². The Labute approximate surface area is 159 Å². The van der Waals surface area contributed by atoms with Crippen LogP contribution in [-0.2, 0) is 14.3 Å². The first-order valence-electron chi connectivity index (χ1n) is 8.02. The molecule has 2 aromatic carbocycles. The summed E-state index contributed by atoms with van der Waals surface area (Å²) in [6.45, 7) is 0.744. The molecule has 10 heteroatoms. The smallest absolute Gasteiger partial charge is 0.344 e. The minimum atomic E-state index is -1.20. The number of nitro benzene ring substituents is 1. The normalized spacial score (nSPS) is 11.2. The Hall–Kier alpha value is -3.69. The summed E-state index contributed by atoms with van der Waals surface area (Å²) in [5.41, 5.74) is -0.0387. The topological polar surface area (TPSA) is 117 Å². The summed E-state index contributed by atoms with van der Waals surface area (Å²) in [5, 5.41) is 13.2. The van der Waals surface area contributed by atoms with Crippen molar-refractivity contribution >= 4 is 23.3 Å². The second-order valence-electron chi connectivity index (χ2n) is 5.48. The number of amides is 1. The maximum absolute atomic E-state index is 13.4. The zero-order valence-electron chi connectivity index (χ0n) is 15.0. The molecule has 2 rings (SSSR count). The molecule has 2 aromatic rings. The van der Waals surface area contributed by atoms with Gasteiger partial charge in [-0.15, -0.1) is 0 Å². The number of anilines is 1. The predicted molar refractivity (Wildman–Crippen MR) is 95.7 cm³/mol. The lowest BCUT2D eigenvalue weighted by Gasteiger charge is -2.15. The van der Waals surface area contributed by atoms with E-state index in [2.05, 4.69) is 5.32 Å². The number of non-ortho nitro benzene ring substituents is 1. The molecule has 1 atom stereocenters. The van der Waals surface area contributed by atoms with Crippen molar-refractivity contribution in [2.24, 2.45) is 0 Å². The molecule has 0 spiro atoms. The third-order valence-electron chi connectivity index (χ3n) is 3.51. The molecule has 28 heavy (non-hydrogen) atoms. The van der Waals surface area contributed by atoms with Crippen LogP contribution in [0.4, 0.5) is 15.8 Å². The van der Waals surface area contributed by atoms with Crippen molar-refractivity contribution in [3.05, 3.63) is 58.4 Å². The predicted octanol–water partition coefficient (Wildman–Crippen LogP) is 2.69. The van der Waals surface area contributed by atoms with Gasteiger partial charge in [0.2, 0.25) is 0 Å². The highest BCUT2D eigenvalue weighted by atomic mass is 19.1. The molecule has 0 fully saturated rings. The third-order valence-corrected chi connectivity index (χ3v) is 3.51. The SMILES string of the molecule is COc1cc([N+](=O)[O-])ccc1NC(=O)[C@@H](C)OC(=O)COc1ccccc1F. The summed E-state index contributed by atoms with van der Waals surface area (Å²) in [7, 11) is 1.29. The molecule has 0 heterocycles. The fourth-order valence-electron chi connectivity index (χ4n) is 2.11. The molecule has 0 unspecified atom stereocenters. The number of methoxy groups -OCH3 is 1. The number of hydrogen-bond acceptors (Lipinski definition) is 7. The highest BCUT2D eigenvalue weighted by Gasteiger charge is 2.21. The molecule has 0 radical (unpaired) electrons. The van der Waals surface area contributed by atoms with Gasteiger partial charge in [-0.3, -0.25) is 14.9 Å². The van der Waals surface area contributed by atoms with Crippen LogP contribution in [0.1, 0.15) is 6.92 Å². The molecule has 1 amide bonds. The second kappa shape index (κ2) is 9.31. The number of nitrogens with one attached hydrogen (secondary N) is 1. The minimum Gasteiger partial charge on any atom is -0.494 e. The number of nitro groups is 1. The van der Waals surface area contributed by atoms with Crippen LogP contribution in [0.5, 0.6) is 11.5 Å². The number of rotatable bonds is 8. The number of nitrogens with zero attached hydrogens (tertiary/aromatic N) is 1. The van der Waals surface area contributed by atoms with Crippen LogP contribution in [0.2, 0.25) is 0 Å². The van der Waals surface area contributed by atoms with Gasteiger partial charge in [0.15, 0.2) is 24.3 Å². The van der Waals surface area contributed by atoms with Crippen LogP contribution < -0.4 is 14.8 Å². The van der Waals surface area contributed by atoms with Crippen molar-refractivity contribution in [1.29, 1.82) is 0 Å². The molecule has 0 bridgehead atoms. The largest absolute Gasteiger partial charge is 0.494 e. The molecule has 0 aliphatic rings. The van der Waals surface area contributed by atoms with Gasteiger partial charge in [-0.1, -0.05) is 12.1 Å². The quantitative estimate of drug-likeness (QED) is 0.417. The number of carbonyl (C=O) groups is 2. The van der Waals surface area contributed by atoms with E-state index in [-0.39, 0.29) is 22.9 Å². The number of ether oxygens (including phenoxy) is 3. The van der Waals surface area contributed by atoms with Crippen LogP contribution in [0.25, 0.3) is 0 Å². The number of halogens is 1. The average molecular weight is 392 g/mol. The summed E-state index contributed by atoms with van der Waals surface area (Å²) in [6, 6.07) is 9.17. The van der Waals surface area contributed by atoms with Crippen molar-refractivity contribution in [2.45, 2.75) is 13.0 Å². The maximum atomic E-state index is 13.4. The highest BCUT2D eigenvalue weighted by molar-refractivity contribution is 5.96. The van der Waals surface area contributed by atoms with Crippen molar-refractivity contribution in [2.75, 3.05) is 19.0 Å². The Morgan fingerprint density at radius 3 is 2.57 bits per heavy atom.